The SMILES string of the molecule is CCOC(=O)C(C)(C(=O)OCC)C1CCCC(CC)C1. The van der Waals surface area contributed by atoms with Crippen LogP contribution in [0.3, 0.4) is 0 Å². The molecule has 0 saturated heterocycles. The zero-order valence-corrected chi connectivity index (χ0v) is 13.2. The molecule has 1 aliphatic rings. The second-order valence-electron chi connectivity index (χ2n) is 5.78. The summed E-state index contributed by atoms with van der Waals surface area (Å²) >= 11 is 0. The topological polar surface area (TPSA) is 52.6 Å². The van der Waals surface area contributed by atoms with E-state index in [1.165, 1.54) is 6.42 Å². The van der Waals surface area contributed by atoms with Gasteiger partial charge in [0.1, 0.15) is 0 Å². The number of carbonyl (C=O) groups excluding carboxylic acids is 2. The second-order valence-corrected chi connectivity index (χ2v) is 5.78. The van der Waals surface area contributed by atoms with Crippen molar-refractivity contribution >= 4 is 11.9 Å². The van der Waals surface area contributed by atoms with Gasteiger partial charge in [-0.3, -0.25) is 9.59 Å². The van der Waals surface area contributed by atoms with E-state index < -0.39 is 17.4 Å². The minimum atomic E-state index is -1.15. The summed E-state index contributed by atoms with van der Waals surface area (Å²) in [6.45, 7) is 7.97. The first-order valence-corrected chi connectivity index (χ1v) is 7.85. The van der Waals surface area contributed by atoms with Crippen LogP contribution in [0.2, 0.25) is 0 Å². The maximum Gasteiger partial charge on any atom is 0.323 e. The summed E-state index contributed by atoms with van der Waals surface area (Å²) in [5.74, 6) is -0.239. The number of esters is 2. The molecule has 2 atom stereocenters. The Morgan fingerprint density at radius 2 is 1.60 bits per heavy atom. The standard InChI is InChI=1S/C16H28O4/c1-5-12-9-8-10-13(11-12)16(4,14(17)19-6-2)15(18)20-7-3/h12-13H,5-11H2,1-4H3. The van der Waals surface area contributed by atoms with Crippen LogP contribution in [0.4, 0.5) is 0 Å². The quantitative estimate of drug-likeness (QED) is 0.554. The van der Waals surface area contributed by atoms with Crippen molar-refractivity contribution in [2.75, 3.05) is 13.2 Å². The molecule has 2 unspecified atom stereocenters. The van der Waals surface area contributed by atoms with E-state index in [0.717, 1.165) is 25.7 Å². The maximum atomic E-state index is 12.4. The van der Waals surface area contributed by atoms with Gasteiger partial charge in [0.05, 0.1) is 13.2 Å². The van der Waals surface area contributed by atoms with Crippen LogP contribution in [-0.4, -0.2) is 25.2 Å². The fourth-order valence-electron chi connectivity index (χ4n) is 3.16. The van der Waals surface area contributed by atoms with Crippen LogP contribution in [0.15, 0.2) is 0 Å². The van der Waals surface area contributed by atoms with Gasteiger partial charge in [-0.2, -0.15) is 0 Å². The van der Waals surface area contributed by atoms with Crippen LogP contribution in [-0.2, 0) is 19.1 Å². The zero-order valence-electron chi connectivity index (χ0n) is 13.2. The van der Waals surface area contributed by atoms with Crippen LogP contribution >= 0.6 is 0 Å². The molecule has 4 nitrogen and oxygen atoms in total. The largest absolute Gasteiger partial charge is 0.465 e. The summed E-state index contributed by atoms with van der Waals surface area (Å²) in [6.07, 6.45) is 5.15. The third-order valence-electron chi connectivity index (χ3n) is 4.58. The van der Waals surface area contributed by atoms with E-state index in [0.29, 0.717) is 5.92 Å². The Morgan fingerprint density at radius 1 is 1.05 bits per heavy atom. The second kappa shape index (κ2) is 7.65. The molecule has 0 aromatic heterocycles. The van der Waals surface area contributed by atoms with Gasteiger partial charge in [0.15, 0.2) is 5.41 Å². The van der Waals surface area contributed by atoms with Gasteiger partial charge in [-0.1, -0.05) is 26.2 Å². The van der Waals surface area contributed by atoms with Gasteiger partial charge >= 0.3 is 11.9 Å². The number of rotatable bonds is 6. The minimum absolute atomic E-state index is 0.0271. The van der Waals surface area contributed by atoms with Crippen LogP contribution < -0.4 is 0 Å². The van der Waals surface area contributed by atoms with Gasteiger partial charge < -0.3 is 9.47 Å². The fourth-order valence-corrected chi connectivity index (χ4v) is 3.16. The monoisotopic (exact) mass is 284 g/mol. The molecule has 116 valence electrons. The Balaban J connectivity index is 2.96. The molecule has 0 amide bonds. The van der Waals surface area contributed by atoms with Crippen LogP contribution in [0, 0.1) is 17.3 Å². The first kappa shape index (κ1) is 17.0. The van der Waals surface area contributed by atoms with E-state index >= 15 is 0 Å². The van der Waals surface area contributed by atoms with Crippen molar-refractivity contribution in [2.24, 2.45) is 17.3 Å². The van der Waals surface area contributed by atoms with Crippen molar-refractivity contribution in [3.8, 4) is 0 Å². The van der Waals surface area contributed by atoms with Crippen LogP contribution in [0.25, 0.3) is 0 Å². The summed E-state index contributed by atoms with van der Waals surface area (Å²) in [6, 6.07) is 0. The molecule has 20 heavy (non-hydrogen) atoms. The van der Waals surface area contributed by atoms with Gasteiger partial charge in [0.25, 0.3) is 0 Å². The molecule has 0 spiro atoms. The number of hydrogen-bond acceptors (Lipinski definition) is 4. The van der Waals surface area contributed by atoms with E-state index in [1.54, 1.807) is 20.8 Å². The molecule has 0 radical (unpaired) electrons. The Hall–Kier alpha value is -1.06. The molecule has 0 heterocycles. The minimum Gasteiger partial charge on any atom is -0.465 e. The number of ether oxygens (including phenoxy) is 2. The highest BCUT2D eigenvalue weighted by Crippen LogP contribution is 2.43. The fraction of sp³-hybridized carbons (Fsp3) is 0.875. The lowest BCUT2D eigenvalue weighted by Crippen LogP contribution is -2.47. The Kier molecular flexibility index (Phi) is 6.50. The van der Waals surface area contributed by atoms with Crippen molar-refractivity contribution in [2.45, 2.75) is 59.8 Å². The van der Waals surface area contributed by atoms with Crippen molar-refractivity contribution in [3.05, 3.63) is 0 Å². The molecule has 4 heteroatoms. The Morgan fingerprint density at radius 3 is 2.05 bits per heavy atom. The maximum absolute atomic E-state index is 12.4. The normalized spacial score (nSPS) is 23.2. The molecular formula is C16H28O4. The van der Waals surface area contributed by atoms with E-state index in [2.05, 4.69) is 6.92 Å². The van der Waals surface area contributed by atoms with Crippen LogP contribution in [0.1, 0.15) is 59.8 Å². The molecule has 0 aromatic rings. The summed E-state index contributed by atoms with van der Waals surface area (Å²) in [4.78, 5) is 24.7. The summed E-state index contributed by atoms with van der Waals surface area (Å²) in [5, 5.41) is 0. The highest BCUT2D eigenvalue weighted by atomic mass is 16.6. The smallest absolute Gasteiger partial charge is 0.323 e. The van der Waals surface area contributed by atoms with E-state index in [-0.39, 0.29) is 19.1 Å². The number of hydrogen-bond donors (Lipinski definition) is 0. The predicted octanol–water partition coefficient (Wildman–Crippen LogP) is 3.34. The highest BCUT2D eigenvalue weighted by Gasteiger charge is 2.51. The third-order valence-corrected chi connectivity index (χ3v) is 4.58. The average molecular weight is 284 g/mol. The molecule has 0 N–H and O–H groups in total. The highest BCUT2D eigenvalue weighted by molar-refractivity contribution is 6.00. The lowest BCUT2D eigenvalue weighted by molar-refractivity contribution is -0.176. The summed E-state index contributed by atoms with van der Waals surface area (Å²) in [5.41, 5.74) is -1.15. The average Bonchev–Trinajstić information content (AvgIpc) is 2.46. The molecule has 1 rings (SSSR count). The van der Waals surface area contributed by atoms with Crippen molar-refractivity contribution in [1.82, 2.24) is 0 Å². The first-order valence-electron chi connectivity index (χ1n) is 7.85. The van der Waals surface area contributed by atoms with Gasteiger partial charge in [-0.25, -0.2) is 0 Å². The molecule has 1 saturated carbocycles. The zero-order chi connectivity index (χ0) is 15.2. The lowest BCUT2D eigenvalue weighted by Gasteiger charge is -2.38. The lowest BCUT2D eigenvalue weighted by atomic mass is 9.66. The summed E-state index contributed by atoms with van der Waals surface area (Å²) in [7, 11) is 0. The molecule has 0 bridgehead atoms. The van der Waals surface area contributed by atoms with E-state index in [9.17, 15) is 9.59 Å². The van der Waals surface area contributed by atoms with Gasteiger partial charge in [-0.05, 0) is 45.4 Å². The third kappa shape index (κ3) is 3.53. The number of carbonyl (C=O) groups is 2. The van der Waals surface area contributed by atoms with Crippen LogP contribution in [0.5, 0.6) is 0 Å². The molecule has 1 aliphatic carbocycles. The van der Waals surface area contributed by atoms with Crippen molar-refractivity contribution in [1.29, 1.82) is 0 Å². The summed E-state index contributed by atoms with van der Waals surface area (Å²) < 4.78 is 10.3. The van der Waals surface area contributed by atoms with Crippen molar-refractivity contribution in [3.63, 3.8) is 0 Å². The van der Waals surface area contributed by atoms with E-state index in [4.69, 9.17) is 9.47 Å². The molecular weight excluding hydrogens is 256 g/mol. The van der Waals surface area contributed by atoms with Gasteiger partial charge in [-0.15, -0.1) is 0 Å². The van der Waals surface area contributed by atoms with E-state index in [1.807, 2.05) is 0 Å². The predicted molar refractivity (Wildman–Crippen MR) is 77.1 cm³/mol. The Labute approximate surface area is 122 Å². The molecule has 1 fully saturated rings. The van der Waals surface area contributed by atoms with Gasteiger partial charge in [0, 0.05) is 0 Å². The van der Waals surface area contributed by atoms with Gasteiger partial charge in [0.2, 0.25) is 0 Å². The van der Waals surface area contributed by atoms with Crippen molar-refractivity contribution < 1.29 is 19.1 Å². The first-order chi connectivity index (χ1) is 9.50. The molecule has 0 aliphatic heterocycles. The molecule has 0 aromatic carbocycles. The Bertz CT molecular complexity index is 319.